The van der Waals surface area contributed by atoms with Crippen LogP contribution in [0.15, 0.2) is 47.3 Å². The number of piperazine rings is 1. The summed E-state index contributed by atoms with van der Waals surface area (Å²) in [5.41, 5.74) is 1.15. The Labute approximate surface area is 167 Å². The van der Waals surface area contributed by atoms with Gasteiger partial charge >= 0.3 is 0 Å². The van der Waals surface area contributed by atoms with E-state index in [0.717, 1.165) is 26.2 Å². The molecule has 2 aromatic carbocycles. The van der Waals surface area contributed by atoms with Crippen LogP contribution in [0.5, 0.6) is 0 Å². The van der Waals surface area contributed by atoms with E-state index in [9.17, 15) is 9.18 Å². The van der Waals surface area contributed by atoms with E-state index in [-0.39, 0.29) is 17.4 Å². The Morgan fingerprint density at radius 3 is 2.64 bits per heavy atom. The predicted molar refractivity (Wildman–Crippen MR) is 109 cm³/mol. The second kappa shape index (κ2) is 7.99. The summed E-state index contributed by atoms with van der Waals surface area (Å²) in [5, 5.41) is 1.07. The third kappa shape index (κ3) is 3.81. The van der Waals surface area contributed by atoms with Crippen molar-refractivity contribution in [2.45, 2.75) is 19.5 Å². The molecule has 0 saturated carbocycles. The van der Waals surface area contributed by atoms with Crippen molar-refractivity contribution in [2.75, 3.05) is 26.2 Å². The average Bonchev–Trinajstić information content (AvgIpc) is 2.71. The van der Waals surface area contributed by atoms with E-state index in [2.05, 4.69) is 26.7 Å². The Morgan fingerprint density at radius 2 is 1.89 bits per heavy atom. The second-order valence-electron chi connectivity index (χ2n) is 7.16. The van der Waals surface area contributed by atoms with Crippen LogP contribution in [0.4, 0.5) is 4.39 Å². The maximum absolute atomic E-state index is 14.0. The van der Waals surface area contributed by atoms with E-state index < -0.39 is 0 Å². The van der Waals surface area contributed by atoms with Crippen LogP contribution in [0.1, 0.15) is 24.4 Å². The zero-order chi connectivity index (χ0) is 19.7. The fourth-order valence-corrected chi connectivity index (χ4v) is 3.91. The third-order valence-electron chi connectivity index (χ3n) is 5.42. The van der Waals surface area contributed by atoms with E-state index in [0.29, 0.717) is 33.9 Å². The predicted octanol–water partition coefficient (Wildman–Crippen LogP) is 3.59. The first kappa shape index (κ1) is 19.1. The molecule has 1 aromatic heterocycles. The van der Waals surface area contributed by atoms with Gasteiger partial charge in [0.25, 0.3) is 5.56 Å². The number of H-pyrrole nitrogens is 1. The molecule has 1 fully saturated rings. The highest BCUT2D eigenvalue weighted by molar-refractivity contribution is 6.31. The normalized spacial score (nSPS) is 17.1. The summed E-state index contributed by atoms with van der Waals surface area (Å²) in [5.74, 6) is 0.413. The number of rotatable bonds is 4. The molecular weight excluding hydrogens is 379 g/mol. The summed E-state index contributed by atoms with van der Waals surface area (Å²) < 4.78 is 14.0. The van der Waals surface area contributed by atoms with Crippen molar-refractivity contribution in [3.63, 3.8) is 0 Å². The average molecular weight is 401 g/mol. The van der Waals surface area contributed by atoms with Crippen molar-refractivity contribution in [3.8, 4) is 0 Å². The SMILES string of the molecule is CC(c1nc2ccccc2c(=O)[nH]1)N1CCN(Cc2c(F)cccc2Cl)CC1. The maximum Gasteiger partial charge on any atom is 0.258 e. The van der Waals surface area contributed by atoms with Crippen molar-refractivity contribution >= 4 is 22.5 Å². The van der Waals surface area contributed by atoms with E-state index in [4.69, 9.17) is 11.6 Å². The molecule has 3 aromatic rings. The number of aromatic amines is 1. The van der Waals surface area contributed by atoms with Gasteiger partial charge in [-0.3, -0.25) is 14.6 Å². The summed E-state index contributed by atoms with van der Waals surface area (Å²) in [4.78, 5) is 24.4. The minimum atomic E-state index is -0.263. The van der Waals surface area contributed by atoms with Crippen LogP contribution in [0.25, 0.3) is 10.9 Å². The number of fused-ring (bicyclic) bond motifs is 1. The van der Waals surface area contributed by atoms with Gasteiger partial charge in [0.1, 0.15) is 11.6 Å². The largest absolute Gasteiger partial charge is 0.309 e. The van der Waals surface area contributed by atoms with Crippen LogP contribution in [0, 0.1) is 5.82 Å². The summed E-state index contributed by atoms with van der Waals surface area (Å²) in [6, 6.07) is 12.1. The van der Waals surface area contributed by atoms with Crippen LogP contribution in [0.2, 0.25) is 5.02 Å². The lowest BCUT2D eigenvalue weighted by Gasteiger charge is -2.37. The van der Waals surface area contributed by atoms with Crippen molar-refractivity contribution in [1.29, 1.82) is 0 Å². The van der Waals surface area contributed by atoms with Crippen LogP contribution >= 0.6 is 11.6 Å². The Morgan fingerprint density at radius 1 is 1.14 bits per heavy atom. The van der Waals surface area contributed by atoms with Gasteiger partial charge in [0.05, 0.1) is 16.9 Å². The van der Waals surface area contributed by atoms with Gasteiger partial charge in [0, 0.05) is 43.3 Å². The smallest absolute Gasteiger partial charge is 0.258 e. The van der Waals surface area contributed by atoms with Gasteiger partial charge < -0.3 is 4.98 Å². The molecule has 1 aliphatic heterocycles. The van der Waals surface area contributed by atoms with Gasteiger partial charge in [-0.25, -0.2) is 9.37 Å². The van der Waals surface area contributed by atoms with Crippen molar-refractivity contribution in [2.24, 2.45) is 0 Å². The standard InChI is InChI=1S/C21H22ClFN4O/c1-14(20-24-19-8-3-2-5-15(19)21(28)25-20)27-11-9-26(10-12-27)13-16-17(22)6-4-7-18(16)23/h2-8,14H,9-13H2,1H3,(H,24,25,28). The fourth-order valence-electron chi connectivity index (χ4n) is 3.69. The Hall–Kier alpha value is -2.28. The number of hydrogen-bond donors (Lipinski definition) is 1. The highest BCUT2D eigenvalue weighted by Crippen LogP contribution is 2.23. The van der Waals surface area contributed by atoms with E-state index in [1.807, 2.05) is 18.2 Å². The molecule has 28 heavy (non-hydrogen) atoms. The first-order valence-corrected chi connectivity index (χ1v) is 9.79. The zero-order valence-corrected chi connectivity index (χ0v) is 16.4. The summed E-state index contributed by atoms with van der Waals surface area (Å²) in [7, 11) is 0. The molecule has 146 valence electrons. The molecule has 5 nitrogen and oxygen atoms in total. The van der Waals surface area contributed by atoms with Gasteiger partial charge in [-0.15, -0.1) is 0 Å². The Balaban J connectivity index is 1.44. The third-order valence-corrected chi connectivity index (χ3v) is 5.78. The Bertz CT molecular complexity index is 1030. The fraction of sp³-hybridized carbons (Fsp3) is 0.333. The van der Waals surface area contributed by atoms with E-state index in [1.165, 1.54) is 6.07 Å². The number of halogens is 2. The minimum Gasteiger partial charge on any atom is -0.309 e. The monoisotopic (exact) mass is 400 g/mol. The quantitative estimate of drug-likeness (QED) is 0.727. The second-order valence-corrected chi connectivity index (χ2v) is 7.56. The molecule has 0 radical (unpaired) electrons. The molecule has 4 rings (SSSR count). The molecule has 0 amide bonds. The molecule has 1 aliphatic rings. The van der Waals surface area contributed by atoms with Crippen LogP contribution in [0.3, 0.4) is 0 Å². The highest BCUT2D eigenvalue weighted by Gasteiger charge is 2.24. The maximum atomic E-state index is 14.0. The number of nitrogens with one attached hydrogen (secondary N) is 1. The Kier molecular flexibility index (Phi) is 5.44. The van der Waals surface area contributed by atoms with Gasteiger partial charge in [0.15, 0.2) is 0 Å². The van der Waals surface area contributed by atoms with Crippen LogP contribution in [-0.2, 0) is 6.54 Å². The number of benzene rings is 2. The lowest BCUT2D eigenvalue weighted by molar-refractivity contribution is 0.0941. The molecular formula is C21H22ClFN4O. The molecule has 1 atom stereocenters. The summed E-state index contributed by atoms with van der Waals surface area (Å²) in [6.07, 6.45) is 0. The van der Waals surface area contributed by atoms with Crippen molar-refractivity contribution in [1.82, 2.24) is 19.8 Å². The van der Waals surface area contributed by atoms with Crippen molar-refractivity contribution in [3.05, 3.63) is 75.0 Å². The number of nitrogens with zero attached hydrogens (tertiary/aromatic N) is 3. The first-order valence-electron chi connectivity index (χ1n) is 9.41. The molecule has 1 saturated heterocycles. The van der Waals surface area contributed by atoms with Crippen LogP contribution < -0.4 is 5.56 Å². The number of para-hydroxylation sites is 1. The lowest BCUT2D eigenvalue weighted by Crippen LogP contribution is -2.47. The molecule has 0 spiro atoms. The summed E-state index contributed by atoms with van der Waals surface area (Å²) >= 11 is 6.15. The highest BCUT2D eigenvalue weighted by atomic mass is 35.5. The molecule has 1 N–H and O–H groups in total. The van der Waals surface area contributed by atoms with Gasteiger partial charge in [-0.05, 0) is 31.2 Å². The molecule has 0 aliphatic carbocycles. The minimum absolute atomic E-state index is 0.00324. The zero-order valence-electron chi connectivity index (χ0n) is 15.7. The van der Waals surface area contributed by atoms with Gasteiger partial charge in [0.2, 0.25) is 0 Å². The van der Waals surface area contributed by atoms with E-state index in [1.54, 1.807) is 18.2 Å². The van der Waals surface area contributed by atoms with E-state index >= 15 is 0 Å². The molecule has 0 bridgehead atoms. The number of hydrogen-bond acceptors (Lipinski definition) is 4. The molecule has 2 heterocycles. The van der Waals surface area contributed by atoms with Crippen molar-refractivity contribution < 1.29 is 4.39 Å². The summed E-state index contributed by atoms with van der Waals surface area (Å²) in [6.45, 7) is 5.77. The topological polar surface area (TPSA) is 52.2 Å². The van der Waals surface area contributed by atoms with Crippen LogP contribution in [-0.4, -0.2) is 45.9 Å². The lowest BCUT2D eigenvalue weighted by atomic mass is 10.1. The molecule has 1 unspecified atom stereocenters. The number of aromatic nitrogens is 2. The first-order chi connectivity index (χ1) is 13.5. The van der Waals surface area contributed by atoms with Gasteiger partial charge in [-0.2, -0.15) is 0 Å². The molecule has 7 heteroatoms. The van der Waals surface area contributed by atoms with Gasteiger partial charge in [-0.1, -0.05) is 29.8 Å².